The third-order valence-electron chi connectivity index (χ3n) is 4.01. The average molecular weight is 333 g/mol. The minimum absolute atomic E-state index is 0.767. The number of hydrogen-bond donors (Lipinski definition) is 1. The predicted molar refractivity (Wildman–Crippen MR) is 102 cm³/mol. The standard InChI is InChI=1S/C21H23N3O/c1-15-6-4-8-18(12-15)20-14-21(24-16(2)23-20)22-11-10-17-7-5-9-19(13-17)25-3/h4-9,12-14H,10-11H2,1-3H3,(H,22,23,24). The zero-order valence-electron chi connectivity index (χ0n) is 14.9. The number of anilines is 1. The number of benzene rings is 2. The second-order valence-electron chi connectivity index (χ2n) is 6.08. The van der Waals surface area contributed by atoms with E-state index in [2.05, 4.69) is 58.6 Å². The molecule has 0 saturated carbocycles. The second kappa shape index (κ2) is 7.79. The van der Waals surface area contributed by atoms with Crippen LogP contribution in [-0.4, -0.2) is 23.6 Å². The van der Waals surface area contributed by atoms with E-state index in [1.807, 2.05) is 25.1 Å². The van der Waals surface area contributed by atoms with Gasteiger partial charge in [0.25, 0.3) is 0 Å². The van der Waals surface area contributed by atoms with E-state index >= 15 is 0 Å². The van der Waals surface area contributed by atoms with E-state index in [0.29, 0.717) is 0 Å². The highest BCUT2D eigenvalue weighted by Gasteiger charge is 2.05. The molecule has 0 amide bonds. The summed E-state index contributed by atoms with van der Waals surface area (Å²) in [5, 5.41) is 3.40. The Morgan fingerprint density at radius 2 is 1.80 bits per heavy atom. The van der Waals surface area contributed by atoms with Gasteiger partial charge in [0, 0.05) is 18.2 Å². The first-order chi connectivity index (χ1) is 12.1. The molecule has 2 aromatic carbocycles. The fourth-order valence-corrected chi connectivity index (χ4v) is 2.77. The van der Waals surface area contributed by atoms with Crippen LogP contribution in [-0.2, 0) is 6.42 Å². The van der Waals surface area contributed by atoms with Gasteiger partial charge in [-0.15, -0.1) is 0 Å². The summed E-state index contributed by atoms with van der Waals surface area (Å²) in [6, 6.07) is 18.5. The van der Waals surface area contributed by atoms with Crippen LogP contribution in [0.1, 0.15) is 17.0 Å². The highest BCUT2D eigenvalue weighted by molar-refractivity contribution is 5.63. The lowest BCUT2D eigenvalue weighted by Gasteiger charge is -2.10. The summed E-state index contributed by atoms with van der Waals surface area (Å²) < 4.78 is 5.27. The Hall–Kier alpha value is -2.88. The number of rotatable bonds is 6. The normalized spacial score (nSPS) is 10.5. The van der Waals surface area contributed by atoms with Crippen molar-refractivity contribution in [2.45, 2.75) is 20.3 Å². The van der Waals surface area contributed by atoms with Gasteiger partial charge in [-0.05, 0) is 44.0 Å². The highest BCUT2D eigenvalue weighted by Crippen LogP contribution is 2.21. The Labute approximate surface area is 148 Å². The molecule has 4 heteroatoms. The Morgan fingerprint density at radius 3 is 2.60 bits per heavy atom. The van der Waals surface area contributed by atoms with E-state index in [1.54, 1.807) is 7.11 Å². The van der Waals surface area contributed by atoms with Gasteiger partial charge in [-0.1, -0.05) is 35.9 Å². The summed E-state index contributed by atoms with van der Waals surface area (Å²) in [6.07, 6.45) is 0.903. The topological polar surface area (TPSA) is 47.0 Å². The maximum absolute atomic E-state index is 5.27. The molecule has 1 N–H and O–H groups in total. The van der Waals surface area contributed by atoms with Crippen LogP contribution in [0.4, 0.5) is 5.82 Å². The van der Waals surface area contributed by atoms with Crippen LogP contribution in [0.2, 0.25) is 0 Å². The van der Waals surface area contributed by atoms with Crippen molar-refractivity contribution < 1.29 is 4.74 Å². The number of hydrogen-bond acceptors (Lipinski definition) is 4. The lowest BCUT2D eigenvalue weighted by Crippen LogP contribution is -2.08. The third-order valence-corrected chi connectivity index (χ3v) is 4.01. The highest BCUT2D eigenvalue weighted by atomic mass is 16.5. The molecule has 3 rings (SSSR count). The quantitative estimate of drug-likeness (QED) is 0.725. The molecule has 0 aliphatic heterocycles. The molecule has 0 spiro atoms. The summed E-state index contributed by atoms with van der Waals surface area (Å²) in [7, 11) is 1.69. The molecule has 1 aromatic heterocycles. The SMILES string of the molecule is COc1cccc(CCNc2cc(-c3cccc(C)c3)nc(C)n2)c1. The number of nitrogens with one attached hydrogen (secondary N) is 1. The largest absolute Gasteiger partial charge is 0.497 e. The van der Waals surface area contributed by atoms with Crippen molar-refractivity contribution in [1.29, 1.82) is 0 Å². The molecule has 1 heterocycles. The van der Waals surface area contributed by atoms with E-state index in [1.165, 1.54) is 11.1 Å². The van der Waals surface area contributed by atoms with Crippen LogP contribution >= 0.6 is 0 Å². The predicted octanol–water partition coefficient (Wildman–Crippen LogP) is 4.42. The molecule has 128 valence electrons. The van der Waals surface area contributed by atoms with Crippen LogP contribution in [0.3, 0.4) is 0 Å². The Kier molecular flexibility index (Phi) is 5.29. The molecule has 0 fully saturated rings. The molecule has 0 bridgehead atoms. The van der Waals surface area contributed by atoms with Crippen molar-refractivity contribution in [3.05, 3.63) is 71.5 Å². The lowest BCUT2D eigenvalue weighted by atomic mass is 10.1. The van der Waals surface area contributed by atoms with E-state index in [0.717, 1.165) is 41.6 Å². The molecule has 0 atom stereocenters. The molecule has 25 heavy (non-hydrogen) atoms. The van der Waals surface area contributed by atoms with E-state index < -0.39 is 0 Å². The molecule has 0 unspecified atom stereocenters. The minimum atomic E-state index is 0.767. The first-order valence-corrected chi connectivity index (χ1v) is 8.43. The van der Waals surface area contributed by atoms with Gasteiger partial charge in [0.1, 0.15) is 17.4 Å². The van der Waals surface area contributed by atoms with Gasteiger partial charge in [-0.2, -0.15) is 0 Å². The van der Waals surface area contributed by atoms with Crippen LogP contribution in [0.5, 0.6) is 5.75 Å². The van der Waals surface area contributed by atoms with Gasteiger partial charge in [0.15, 0.2) is 0 Å². The van der Waals surface area contributed by atoms with E-state index in [9.17, 15) is 0 Å². The van der Waals surface area contributed by atoms with Crippen molar-refractivity contribution in [2.75, 3.05) is 19.0 Å². The Morgan fingerprint density at radius 1 is 0.960 bits per heavy atom. The smallest absolute Gasteiger partial charge is 0.130 e. The Balaban J connectivity index is 1.70. The summed E-state index contributed by atoms with van der Waals surface area (Å²) in [4.78, 5) is 9.07. The van der Waals surface area contributed by atoms with Crippen LogP contribution < -0.4 is 10.1 Å². The van der Waals surface area contributed by atoms with Crippen molar-refractivity contribution in [3.8, 4) is 17.0 Å². The number of aromatic nitrogens is 2. The molecular weight excluding hydrogens is 310 g/mol. The average Bonchev–Trinajstić information content (AvgIpc) is 2.61. The van der Waals surface area contributed by atoms with Crippen molar-refractivity contribution in [2.24, 2.45) is 0 Å². The maximum Gasteiger partial charge on any atom is 0.130 e. The van der Waals surface area contributed by atoms with Gasteiger partial charge >= 0.3 is 0 Å². The summed E-state index contributed by atoms with van der Waals surface area (Å²) >= 11 is 0. The van der Waals surface area contributed by atoms with Crippen LogP contribution in [0, 0.1) is 13.8 Å². The van der Waals surface area contributed by atoms with Gasteiger partial charge in [-0.3, -0.25) is 0 Å². The molecular formula is C21H23N3O. The molecule has 3 aromatic rings. The van der Waals surface area contributed by atoms with E-state index in [4.69, 9.17) is 4.74 Å². The third kappa shape index (κ3) is 4.57. The molecule has 0 radical (unpaired) electrons. The Bertz CT molecular complexity index is 861. The maximum atomic E-state index is 5.27. The number of nitrogens with zero attached hydrogens (tertiary/aromatic N) is 2. The number of ether oxygens (including phenoxy) is 1. The molecule has 0 saturated heterocycles. The van der Waals surface area contributed by atoms with Gasteiger partial charge in [-0.25, -0.2) is 9.97 Å². The zero-order chi connectivity index (χ0) is 17.6. The van der Waals surface area contributed by atoms with Gasteiger partial charge < -0.3 is 10.1 Å². The summed E-state index contributed by atoms with van der Waals surface area (Å²) in [5.41, 5.74) is 4.51. The second-order valence-corrected chi connectivity index (χ2v) is 6.08. The zero-order valence-corrected chi connectivity index (χ0v) is 14.9. The van der Waals surface area contributed by atoms with Gasteiger partial charge in [0.2, 0.25) is 0 Å². The first-order valence-electron chi connectivity index (χ1n) is 8.43. The van der Waals surface area contributed by atoms with Crippen molar-refractivity contribution >= 4 is 5.82 Å². The monoisotopic (exact) mass is 333 g/mol. The fraction of sp³-hybridized carbons (Fsp3) is 0.238. The van der Waals surface area contributed by atoms with Gasteiger partial charge in [0.05, 0.1) is 12.8 Å². The fourth-order valence-electron chi connectivity index (χ4n) is 2.77. The number of aryl methyl sites for hydroxylation is 2. The lowest BCUT2D eigenvalue weighted by molar-refractivity contribution is 0.414. The number of methoxy groups -OCH3 is 1. The molecule has 0 aliphatic carbocycles. The first kappa shape index (κ1) is 17.0. The van der Waals surface area contributed by atoms with Crippen molar-refractivity contribution in [3.63, 3.8) is 0 Å². The van der Waals surface area contributed by atoms with Crippen molar-refractivity contribution in [1.82, 2.24) is 9.97 Å². The molecule has 4 nitrogen and oxygen atoms in total. The summed E-state index contributed by atoms with van der Waals surface area (Å²) in [6.45, 7) is 4.81. The van der Waals surface area contributed by atoms with Crippen LogP contribution in [0.25, 0.3) is 11.3 Å². The van der Waals surface area contributed by atoms with Crippen LogP contribution in [0.15, 0.2) is 54.6 Å². The minimum Gasteiger partial charge on any atom is -0.497 e. The van der Waals surface area contributed by atoms with E-state index in [-0.39, 0.29) is 0 Å². The molecule has 0 aliphatic rings. The summed E-state index contributed by atoms with van der Waals surface area (Å²) in [5.74, 6) is 2.51.